The van der Waals surface area contributed by atoms with E-state index in [1.807, 2.05) is 13.0 Å². The Labute approximate surface area is 197 Å². The Morgan fingerprint density at radius 3 is 2.53 bits per heavy atom. The molecule has 2 nitrogen and oxygen atoms in total. The number of rotatable bonds is 2. The van der Waals surface area contributed by atoms with Gasteiger partial charge in [-0.2, -0.15) is 0 Å². The van der Waals surface area contributed by atoms with Crippen LogP contribution in [0.4, 0.5) is 0 Å². The van der Waals surface area contributed by atoms with Crippen LogP contribution in [0.1, 0.15) is 70.3 Å². The van der Waals surface area contributed by atoms with Crippen LogP contribution in [0.5, 0.6) is 0 Å². The molecule has 2 fully saturated rings. The van der Waals surface area contributed by atoms with Crippen molar-refractivity contribution in [3.8, 4) is 11.8 Å². The SMILES string of the molecule is CC#C[C@]1(O)CC[C@H]2[C@@H]3CCC4=CC(=O)CCC4=C3[C@@H](c3ccc([As](C)C)cc3)C[C@@]21C. The first kappa shape index (κ1) is 22.3. The van der Waals surface area contributed by atoms with E-state index in [1.165, 1.54) is 21.1 Å². The fraction of sp³-hybridized carbons (Fsp3) is 0.552. The predicted molar refractivity (Wildman–Crippen MR) is 132 cm³/mol. The number of hydrogen-bond acceptors (Lipinski definition) is 2. The van der Waals surface area contributed by atoms with Crippen molar-refractivity contribution < 1.29 is 9.90 Å². The average Bonchev–Trinajstić information content (AvgIpc) is 3.03. The Morgan fingerprint density at radius 1 is 1.09 bits per heavy atom. The number of hydrogen-bond donors (Lipinski definition) is 1. The quantitative estimate of drug-likeness (QED) is 0.451. The molecular weight excluding hydrogens is 455 g/mol. The van der Waals surface area contributed by atoms with Crippen LogP contribution >= 0.6 is 0 Å². The van der Waals surface area contributed by atoms with E-state index in [-0.39, 0.29) is 5.41 Å². The molecular formula is C29H35AsO2. The number of fused-ring (bicyclic) bond motifs is 4. The van der Waals surface area contributed by atoms with Gasteiger partial charge in [-0.3, -0.25) is 0 Å². The normalized spacial score (nSPS) is 36.1. The van der Waals surface area contributed by atoms with Gasteiger partial charge in [-0.25, -0.2) is 0 Å². The van der Waals surface area contributed by atoms with Gasteiger partial charge in [0.1, 0.15) is 0 Å². The molecule has 0 saturated heterocycles. The van der Waals surface area contributed by atoms with Crippen molar-refractivity contribution in [2.45, 2.75) is 81.7 Å². The molecule has 0 unspecified atom stereocenters. The van der Waals surface area contributed by atoms with Crippen LogP contribution in [0.2, 0.25) is 11.4 Å². The molecule has 0 bridgehead atoms. The van der Waals surface area contributed by atoms with Gasteiger partial charge in [-0.05, 0) is 0 Å². The van der Waals surface area contributed by atoms with Crippen molar-refractivity contribution in [3.63, 3.8) is 0 Å². The van der Waals surface area contributed by atoms with Gasteiger partial charge < -0.3 is 0 Å². The first-order chi connectivity index (χ1) is 15.3. The maximum absolute atomic E-state index is 12.2. The standard InChI is InChI=1S/C29H35AsO2/c1-5-15-29(32)16-14-26-24-12-8-20-17-22(31)11-13-23(20)27(24)25(18-28(26,29)2)19-6-9-21(10-7-19)30(3)4/h6-7,9-10,17,24-26,32H,8,11-14,16,18H2,1-4H3/t24-,25+,26-,28-,29-/m0/s1. The van der Waals surface area contributed by atoms with Crippen LogP contribution < -0.4 is 4.35 Å². The summed E-state index contributed by atoms with van der Waals surface area (Å²) in [6.07, 6.45) is 8.35. The number of carbonyl (C=O) groups is 1. The van der Waals surface area contributed by atoms with Crippen molar-refractivity contribution in [2.24, 2.45) is 17.3 Å². The Bertz CT molecular complexity index is 1070. The summed E-state index contributed by atoms with van der Waals surface area (Å²) in [6.45, 7) is 4.17. The predicted octanol–water partition coefficient (Wildman–Crippen LogP) is 5.30. The van der Waals surface area contributed by atoms with Crippen molar-refractivity contribution in [1.82, 2.24) is 0 Å². The molecule has 0 heterocycles. The van der Waals surface area contributed by atoms with Crippen LogP contribution in [-0.2, 0) is 4.79 Å². The van der Waals surface area contributed by atoms with Crippen molar-refractivity contribution in [2.75, 3.05) is 0 Å². The zero-order chi connectivity index (χ0) is 22.7. The number of carbonyl (C=O) groups excluding carboxylic acids is 1. The zero-order valence-electron chi connectivity index (χ0n) is 19.9. The molecule has 3 heteroatoms. The monoisotopic (exact) mass is 490 g/mol. The second kappa shape index (κ2) is 8.04. The van der Waals surface area contributed by atoms with Crippen molar-refractivity contribution in [1.29, 1.82) is 0 Å². The van der Waals surface area contributed by atoms with Crippen LogP contribution in [0, 0.1) is 29.1 Å². The second-order valence-corrected chi connectivity index (χ2v) is 15.6. The third-order valence-electron chi connectivity index (χ3n) is 9.03. The van der Waals surface area contributed by atoms with Crippen LogP contribution in [0.25, 0.3) is 0 Å². The van der Waals surface area contributed by atoms with Gasteiger partial charge in [-0.15, -0.1) is 0 Å². The molecule has 5 atom stereocenters. The molecule has 1 aromatic carbocycles. The summed E-state index contributed by atoms with van der Waals surface area (Å²) >= 11 is -0.902. The summed E-state index contributed by atoms with van der Waals surface area (Å²) < 4.78 is 1.51. The van der Waals surface area contributed by atoms with E-state index in [9.17, 15) is 9.90 Å². The van der Waals surface area contributed by atoms with E-state index in [1.54, 1.807) is 5.57 Å². The Kier molecular flexibility index (Phi) is 5.59. The summed E-state index contributed by atoms with van der Waals surface area (Å²) in [5.41, 5.74) is 9.43. The van der Waals surface area contributed by atoms with Gasteiger partial charge in [0, 0.05) is 0 Å². The maximum atomic E-state index is 12.2. The zero-order valence-corrected chi connectivity index (χ0v) is 21.7. The average molecular weight is 491 g/mol. The Hall–Kier alpha value is -1.55. The van der Waals surface area contributed by atoms with E-state index in [0.717, 1.165) is 38.5 Å². The molecule has 32 heavy (non-hydrogen) atoms. The molecule has 0 amide bonds. The van der Waals surface area contributed by atoms with E-state index >= 15 is 0 Å². The molecule has 1 aromatic rings. The molecule has 2 saturated carbocycles. The van der Waals surface area contributed by atoms with Crippen LogP contribution in [0.15, 0.2) is 47.1 Å². The van der Waals surface area contributed by atoms with E-state index in [2.05, 4.69) is 54.5 Å². The summed E-state index contributed by atoms with van der Waals surface area (Å²) in [7, 11) is 0. The summed E-state index contributed by atoms with van der Waals surface area (Å²) in [5, 5.41) is 11.7. The first-order valence-electron chi connectivity index (χ1n) is 12.2. The third-order valence-corrected chi connectivity index (χ3v) is 11.8. The molecule has 0 radical (unpaired) electrons. The van der Waals surface area contributed by atoms with Crippen molar-refractivity contribution >= 4 is 24.8 Å². The van der Waals surface area contributed by atoms with Gasteiger partial charge in [0.15, 0.2) is 0 Å². The van der Waals surface area contributed by atoms with Crippen molar-refractivity contribution in [3.05, 3.63) is 52.6 Å². The summed E-state index contributed by atoms with van der Waals surface area (Å²) in [4.78, 5) is 12.2. The molecule has 5 rings (SSSR count). The van der Waals surface area contributed by atoms with Gasteiger partial charge in [-0.1, -0.05) is 0 Å². The van der Waals surface area contributed by atoms with E-state index < -0.39 is 20.3 Å². The first-order valence-corrected chi connectivity index (χ1v) is 16.9. The van der Waals surface area contributed by atoms with E-state index in [0.29, 0.717) is 30.0 Å². The van der Waals surface area contributed by atoms with Gasteiger partial charge in [0.05, 0.1) is 0 Å². The molecule has 168 valence electrons. The molecule has 0 aromatic heterocycles. The summed E-state index contributed by atoms with van der Waals surface area (Å²) in [6, 6.07) is 9.41. The number of ketones is 1. The molecule has 4 aliphatic carbocycles. The molecule has 4 aliphatic rings. The Balaban J connectivity index is 1.67. The topological polar surface area (TPSA) is 37.3 Å². The van der Waals surface area contributed by atoms with Gasteiger partial charge in [0.2, 0.25) is 0 Å². The third kappa shape index (κ3) is 3.31. The minimum atomic E-state index is -0.902. The Morgan fingerprint density at radius 2 is 1.84 bits per heavy atom. The number of benzene rings is 1. The van der Waals surface area contributed by atoms with Gasteiger partial charge >= 0.3 is 198 Å². The minimum absolute atomic E-state index is 0.201. The number of aliphatic hydroxyl groups is 1. The van der Waals surface area contributed by atoms with Gasteiger partial charge in [0.25, 0.3) is 0 Å². The van der Waals surface area contributed by atoms with Crippen LogP contribution in [0.3, 0.4) is 0 Å². The summed E-state index contributed by atoms with van der Waals surface area (Å²) in [5.74, 6) is 7.86. The fourth-order valence-corrected chi connectivity index (χ4v) is 8.94. The number of allylic oxidation sites excluding steroid dienone is 4. The molecule has 1 N–H and O–H groups in total. The molecule has 0 aliphatic heterocycles. The fourth-order valence-electron chi connectivity index (χ4n) is 7.38. The van der Waals surface area contributed by atoms with Crippen LogP contribution in [-0.4, -0.2) is 31.1 Å². The second-order valence-electron chi connectivity index (χ2n) is 10.8. The molecule has 0 spiro atoms. The van der Waals surface area contributed by atoms with E-state index in [4.69, 9.17) is 0 Å².